The molecule has 1 atom stereocenters. The fraction of sp³-hybridized carbons (Fsp3) is 0.538. The van der Waals surface area contributed by atoms with E-state index in [0.29, 0.717) is 16.1 Å². The van der Waals surface area contributed by atoms with Crippen LogP contribution in [0.25, 0.3) is 0 Å². The van der Waals surface area contributed by atoms with E-state index in [1.165, 1.54) is 0 Å². The smallest absolute Gasteiger partial charge is 0.0837 e. The molecule has 100 valence electrons. The molecule has 0 amide bonds. The quantitative estimate of drug-likeness (QED) is 0.757. The minimum absolute atomic E-state index is 0.0788. The largest absolute Gasteiger partial charge is 0.364 e. The van der Waals surface area contributed by atoms with Crippen LogP contribution in [0.4, 0.5) is 5.69 Å². The summed E-state index contributed by atoms with van der Waals surface area (Å²) < 4.78 is 0.833. The Labute approximate surface area is 127 Å². The molecular weight excluding hydrogens is 335 g/mol. The number of hydrogen-bond acceptors (Lipinski definition) is 2. The van der Waals surface area contributed by atoms with Crippen molar-refractivity contribution in [1.29, 1.82) is 0 Å². The van der Waals surface area contributed by atoms with Crippen LogP contribution in [0.5, 0.6) is 0 Å². The van der Waals surface area contributed by atoms with E-state index in [1.54, 1.807) is 0 Å². The van der Waals surface area contributed by atoms with E-state index in [1.807, 2.05) is 12.1 Å². The van der Waals surface area contributed by atoms with Gasteiger partial charge in [-0.25, -0.2) is 0 Å². The summed E-state index contributed by atoms with van der Waals surface area (Å²) >= 11 is 16.0. The lowest BCUT2D eigenvalue weighted by molar-refractivity contribution is 0.318. The van der Waals surface area contributed by atoms with Gasteiger partial charge >= 0.3 is 0 Å². The second-order valence-corrected chi connectivity index (χ2v) is 7.05. The number of benzene rings is 1. The number of hydrogen-bond donors (Lipinski definition) is 1. The highest BCUT2D eigenvalue weighted by molar-refractivity contribution is 9.10. The van der Waals surface area contributed by atoms with Crippen LogP contribution in [0.3, 0.4) is 0 Å². The summed E-state index contributed by atoms with van der Waals surface area (Å²) in [5.74, 6) is 0. The van der Waals surface area contributed by atoms with Crippen LogP contribution < -0.4 is 10.2 Å². The number of halogens is 3. The zero-order valence-electron chi connectivity index (χ0n) is 10.7. The van der Waals surface area contributed by atoms with Crippen LogP contribution in [0, 0.1) is 0 Å². The first kappa shape index (κ1) is 14.4. The molecule has 0 aromatic heterocycles. The minimum Gasteiger partial charge on any atom is -0.364 e. The van der Waals surface area contributed by atoms with E-state index in [-0.39, 0.29) is 5.54 Å². The molecule has 5 heteroatoms. The van der Waals surface area contributed by atoms with Gasteiger partial charge in [0.1, 0.15) is 0 Å². The van der Waals surface area contributed by atoms with Crippen molar-refractivity contribution >= 4 is 44.8 Å². The first-order valence-electron chi connectivity index (χ1n) is 5.97. The Kier molecular flexibility index (Phi) is 4.17. The lowest BCUT2D eigenvalue weighted by Gasteiger charge is -2.45. The zero-order valence-corrected chi connectivity index (χ0v) is 13.8. The fourth-order valence-corrected chi connectivity index (χ4v) is 3.11. The molecule has 2 nitrogen and oxygen atoms in total. The van der Waals surface area contributed by atoms with E-state index >= 15 is 0 Å². The third-order valence-corrected chi connectivity index (χ3v) is 5.06. The molecule has 0 spiro atoms. The summed E-state index contributed by atoms with van der Waals surface area (Å²) in [7, 11) is 0. The van der Waals surface area contributed by atoms with Gasteiger partial charge in [-0.15, -0.1) is 0 Å². The van der Waals surface area contributed by atoms with Crippen LogP contribution in [0.15, 0.2) is 16.6 Å². The summed E-state index contributed by atoms with van der Waals surface area (Å²) in [6, 6.07) is 4.37. The Morgan fingerprint density at radius 3 is 2.67 bits per heavy atom. The van der Waals surface area contributed by atoms with Crippen molar-refractivity contribution in [1.82, 2.24) is 5.32 Å². The van der Waals surface area contributed by atoms with Crippen LogP contribution in [-0.4, -0.2) is 24.7 Å². The maximum Gasteiger partial charge on any atom is 0.0837 e. The Balaban J connectivity index is 2.38. The minimum atomic E-state index is 0.0788. The van der Waals surface area contributed by atoms with E-state index in [0.717, 1.165) is 23.2 Å². The molecule has 1 aliphatic heterocycles. The van der Waals surface area contributed by atoms with Gasteiger partial charge in [-0.1, -0.05) is 23.2 Å². The highest BCUT2D eigenvalue weighted by Crippen LogP contribution is 2.39. The number of rotatable bonds is 1. The predicted octanol–water partition coefficient (Wildman–Crippen LogP) is 4.33. The van der Waals surface area contributed by atoms with Gasteiger partial charge in [-0.3, -0.25) is 0 Å². The summed E-state index contributed by atoms with van der Waals surface area (Å²) in [5.41, 5.74) is 1.09. The molecule has 0 saturated carbocycles. The van der Waals surface area contributed by atoms with Gasteiger partial charge in [0.2, 0.25) is 0 Å². The standard InChI is InChI=1S/C13H17BrCl2N2/c1-8-6-17-13(2,3)7-18(8)10-5-4-9(14)11(15)12(10)16/h4-5,8,17H,6-7H2,1-3H3. The maximum atomic E-state index is 6.37. The third kappa shape index (κ3) is 2.79. The van der Waals surface area contributed by atoms with Crippen molar-refractivity contribution < 1.29 is 0 Å². The Hall–Kier alpha value is 0.0400. The zero-order chi connectivity index (χ0) is 13.5. The lowest BCUT2D eigenvalue weighted by Crippen LogP contribution is -2.61. The van der Waals surface area contributed by atoms with Crippen LogP contribution in [0.2, 0.25) is 10.0 Å². The monoisotopic (exact) mass is 350 g/mol. The van der Waals surface area contributed by atoms with E-state index in [4.69, 9.17) is 23.2 Å². The van der Waals surface area contributed by atoms with Gasteiger partial charge in [0.25, 0.3) is 0 Å². The SMILES string of the molecule is CC1CNC(C)(C)CN1c1ccc(Br)c(Cl)c1Cl. The lowest BCUT2D eigenvalue weighted by atomic mass is 9.98. The van der Waals surface area contributed by atoms with Crippen molar-refractivity contribution in [3.05, 3.63) is 26.7 Å². The van der Waals surface area contributed by atoms with Gasteiger partial charge in [-0.05, 0) is 48.8 Å². The van der Waals surface area contributed by atoms with Gasteiger partial charge in [0.05, 0.1) is 15.7 Å². The second-order valence-electron chi connectivity index (χ2n) is 5.44. The summed E-state index contributed by atoms with van der Waals surface area (Å²) in [5, 5.41) is 4.73. The average molecular weight is 352 g/mol. The number of nitrogens with zero attached hydrogens (tertiary/aromatic N) is 1. The van der Waals surface area contributed by atoms with Crippen LogP contribution in [0.1, 0.15) is 20.8 Å². The van der Waals surface area contributed by atoms with Crippen molar-refractivity contribution in [3.8, 4) is 0 Å². The van der Waals surface area contributed by atoms with E-state index < -0.39 is 0 Å². The summed E-state index contributed by atoms with van der Waals surface area (Å²) in [6.07, 6.45) is 0. The molecule has 2 rings (SSSR count). The molecule has 1 N–H and O–H groups in total. The number of anilines is 1. The highest BCUT2D eigenvalue weighted by atomic mass is 79.9. The van der Waals surface area contributed by atoms with Crippen LogP contribution >= 0.6 is 39.1 Å². The fourth-order valence-electron chi connectivity index (χ4n) is 2.23. The van der Waals surface area contributed by atoms with Gasteiger partial charge in [-0.2, -0.15) is 0 Å². The second kappa shape index (κ2) is 5.20. The molecule has 18 heavy (non-hydrogen) atoms. The van der Waals surface area contributed by atoms with Crippen LogP contribution in [-0.2, 0) is 0 Å². The normalized spacial score (nSPS) is 23.2. The third-order valence-electron chi connectivity index (χ3n) is 3.30. The number of piperazine rings is 1. The number of nitrogens with one attached hydrogen (secondary N) is 1. The van der Waals surface area contributed by atoms with Crippen molar-refractivity contribution in [3.63, 3.8) is 0 Å². The molecule has 0 aliphatic carbocycles. The molecule has 1 fully saturated rings. The summed E-state index contributed by atoms with van der Waals surface area (Å²) in [4.78, 5) is 2.32. The molecule has 1 aromatic rings. The Morgan fingerprint density at radius 2 is 2.00 bits per heavy atom. The first-order valence-corrected chi connectivity index (χ1v) is 7.52. The molecule has 1 saturated heterocycles. The van der Waals surface area contributed by atoms with E-state index in [9.17, 15) is 0 Å². The molecule has 1 aliphatic rings. The predicted molar refractivity (Wildman–Crippen MR) is 83.1 cm³/mol. The van der Waals surface area contributed by atoms with Gasteiger partial charge < -0.3 is 10.2 Å². The van der Waals surface area contributed by atoms with Crippen molar-refractivity contribution in [2.75, 3.05) is 18.0 Å². The van der Waals surface area contributed by atoms with Crippen molar-refractivity contribution in [2.24, 2.45) is 0 Å². The topological polar surface area (TPSA) is 15.3 Å². The Morgan fingerprint density at radius 1 is 1.33 bits per heavy atom. The summed E-state index contributed by atoms with van der Waals surface area (Å²) in [6.45, 7) is 8.43. The molecule has 1 aromatic carbocycles. The molecule has 1 heterocycles. The molecule has 1 unspecified atom stereocenters. The molecule has 0 radical (unpaired) electrons. The maximum absolute atomic E-state index is 6.37. The molecule has 0 bridgehead atoms. The highest BCUT2D eigenvalue weighted by Gasteiger charge is 2.31. The average Bonchev–Trinajstić information content (AvgIpc) is 2.30. The van der Waals surface area contributed by atoms with Crippen molar-refractivity contribution in [2.45, 2.75) is 32.4 Å². The van der Waals surface area contributed by atoms with E-state index in [2.05, 4.69) is 46.9 Å². The van der Waals surface area contributed by atoms with Gasteiger partial charge in [0, 0.05) is 29.1 Å². The van der Waals surface area contributed by atoms with Gasteiger partial charge in [0.15, 0.2) is 0 Å². The first-order chi connectivity index (χ1) is 8.32. The Bertz CT molecular complexity index is 463. The molecular formula is C13H17BrCl2N2.